The Kier molecular flexibility index (Phi) is 6.36. The van der Waals surface area contributed by atoms with E-state index in [0.717, 1.165) is 0 Å². The summed E-state index contributed by atoms with van der Waals surface area (Å²) in [4.78, 5) is 35.2. The number of carboxylic acids is 1. The lowest BCUT2D eigenvalue weighted by atomic mass is 9.96. The first kappa shape index (κ1) is 17.2. The molecule has 3 N–H and O–H groups in total. The van der Waals surface area contributed by atoms with Gasteiger partial charge in [-0.1, -0.05) is 19.9 Å². The fourth-order valence-corrected chi connectivity index (χ4v) is 2.34. The molecule has 1 aromatic rings. The van der Waals surface area contributed by atoms with Gasteiger partial charge in [0.05, 0.1) is 10.8 Å². The minimum atomic E-state index is -0.944. The summed E-state index contributed by atoms with van der Waals surface area (Å²) in [7, 11) is 0. The molecule has 0 aliphatic heterocycles. The van der Waals surface area contributed by atoms with Crippen LogP contribution in [-0.2, 0) is 9.59 Å². The van der Waals surface area contributed by atoms with E-state index in [2.05, 4.69) is 10.6 Å². The fraction of sp³-hybridized carbons (Fsp3) is 0.500. The summed E-state index contributed by atoms with van der Waals surface area (Å²) in [6, 6.07) is 2.70. The quantitative estimate of drug-likeness (QED) is 0.708. The standard InChI is InChI=1S/C14H20N2O4S/c1-8(2)10(14(19)20)7-15-12(17)9(3)16-13(18)11-5-4-6-21-11/h4-6,8-10H,7H2,1-3H3,(H,15,17)(H,16,18)(H,19,20). The Morgan fingerprint density at radius 1 is 1.29 bits per heavy atom. The minimum Gasteiger partial charge on any atom is -0.481 e. The van der Waals surface area contributed by atoms with Crippen LogP contribution in [0.1, 0.15) is 30.4 Å². The summed E-state index contributed by atoms with van der Waals surface area (Å²) in [5, 5.41) is 16.0. The summed E-state index contributed by atoms with van der Waals surface area (Å²) < 4.78 is 0. The molecule has 0 fully saturated rings. The Hall–Kier alpha value is -1.89. The van der Waals surface area contributed by atoms with Crippen molar-refractivity contribution in [2.24, 2.45) is 11.8 Å². The molecule has 0 spiro atoms. The first-order valence-corrected chi connectivity index (χ1v) is 7.55. The van der Waals surface area contributed by atoms with Gasteiger partial charge >= 0.3 is 5.97 Å². The van der Waals surface area contributed by atoms with Crippen molar-refractivity contribution < 1.29 is 19.5 Å². The maximum atomic E-state index is 11.9. The van der Waals surface area contributed by atoms with Crippen molar-refractivity contribution in [2.45, 2.75) is 26.8 Å². The zero-order valence-electron chi connectivity index (χ0n) is 12.3. The number of carboxylic acid groups (broad SMARTS) is 1. The largest absolute Gasteiger partial charge is 0.481 e. The Morgan fingerprint density at radius 3 is 2.43 bits per heavy atom. The lowest BCUT2D eigenvalue weighted by molar-refractivity contribution is -0.143. The van der Waals surface area contributed by atoms with Crippen molar-refractivity contribution in [3.8, 4) is 0 Å². The summed E-state index contributed by atoms with van der Waals surface area (Å²) in [5.74, 6) is -2.38. The molecule has 2 amide bonds. The van der Waals surface area contributed by atoms with Gasteiger partial charge in [-0.2, -0.15) is 0 Å². The first-order chi connectivity index (χ1) is 9.82. The summed E-state index contributed by atoms with van der Waals surface area (Å²) in [6.45, 7) is 5.18. The molecular weight excluding hydrogens is 292 g/mol. The number of hydrogen-bond donors (Lipinski definition) is 3. The van der Waals surface area contributed by atoms with Crippen LogP contribution in [-0.4, -0.2) is 35.5 Å². The van der Waals surface area contributed by atoms with Crippen LogP contribution in [0.3, 0.4) is 0 Å². The molecule has 0 aromatic carbocycles. The number of hydrogen-bond acceptors (Lipinski definition) is 4. The third-order valence-corrected chi connectivity index (χ3v) is 3.97. The molecule has 0 saturated carbocycles. The van der Waals surface area contributed by atoms with Gasteiger partial charge in [0.25, 0.3) is 5.91 Å². The Balaban J connectivity index is 2.47. The lowest BCUT2D eigenvalue weighted by Gasteiger charge is -2.19. The molecule has 2 unspecified atom stereocenters. The van der Waals surface area contributed by atoms with Gasteiger partial charge in [-0.3, -0.25) is 14.4 Å². The van der Waals surface area contributed by atoms with Gasteiger partial charge in [0.15, 0.2) is 0 Å². The Bertz CT molecular complexity index is 499. The van der Waals surface area contributed by atoms with Crippen LogP contribution in [0.5, 0.6) is 0 Å². The maximum absolute atomic E-state index is 11.9. The fourth-order valence-electron chi connectivity index (χ4n) is 1.71. The molecule has 2 atom stereocenters. The minimum absolute atomic E-state index is 0.0467. The van der Waals surface area contributed by atoms with E-state index < -0.39 is 23.8 Å². The lowest BCUT2D eigenvalue weighted by Crippen LogP contribution is -2.47. The van der Waals surface area contributed by atoms with Crippen LogP contribution in [0.4, 0.5) is 0 Å². The second kappa shape index (κ2) is 7.78. The number of amides is 2. The summed E-state index contributed by atoms with van der Waals surface area (Å²) in [6.07, 6.45) is 0. The molecule has 6 nitrogen and oxygen atoms in total. The van der Waals surface area contributed by atoms with Crippen LogP contribution in [0, 0.1) is 11.8 Å². The van der Waals surface area contributed by atoms with Gasteiger partial charge in [-0.25, -0.2) is 0 Å². The molecule has 116 valence electrons. The SMILES string of the molecule is CC(NC(=O)c1cccs1)C(=O)NCC(C(=O)O)C(C)C. The van der Waals surface area contributed by atoms with Crippen molar-refractivity contribution in [1.29, 1.82) is 0 Å². The molecular formula is C14H20N2O4S. The highest BCUT2D eigenvalue weighted by molar-refractivity contribution is 7.12. The average Bonchev–Trinajstić information content (AvgIpc) is 2.91. The topological polar surface area (TPSA) is 95.5 Å². The molecule has 0 aliphatic rings. The highest BCUT2D eigenvalue weighted by atomic mass is 32.1. The van der Waals surface area contributed by atoms with Gasteiger partial charge in [0, 0.05) is 6.54 Å². The van der Waals surface area contributed by atoms with E-state index in [1.807, 2.05) is 0 Å². The monoisotopic (exact) mass is 312 g/mol. The summed E-state index contributed by atoms with van der Waals surface area (Å²) in [5.41, 5.74) is 0. The van der Waals surface area contributed by atoms with Crippen LogP contribution in [0.25, 0.3) is 0 Å². The Labute approximate surface area is 127 Å². The number of nitrogens with one attached hydrogen (secondary N) is 2. The maximum Gasteiger partial charge on any atom is 0.308 e. The second-order valence-electron chi connectivity index (χ2n) is 5.11. The van der Waals surface area contributed by atoms with Gasteiger partial charge in [-0.15, -0.1) is 11.3 Å². The van der Waals surface area contributed by atoms with Gasteiger partial charge in [0.1, 0.15) is 6.04 Å². The van der Waals surface area contributed by atoms with Crippen molar-refractivity contribution in [3.05, 3.63) is 22.4 Å². The number of thiophene rings is 1. The van der Waals surface area contributed by atoms with Crippen molar-refractivity contribution in [3.63, 3.8) is 0 Å². The number of carbonyl (C=O) groups excluding carboxylic acids is 2. The van der Waals surface area contributed by atoms with E-state index in [1.165, 1.54) is 11.3 Å². The predicted octanol–water partition coefficient (Wildman–Crippen LogP) is 1.34. The molecule has 0 radical (unpaired) electrons. The molecule has 0 saturated heterocycles. The molecule has 21 heavy (non-hydrogen) atoms. The van der Waals surface area contributed by atoms with E-state index in [0.29, 0.717) is 4.88 Å². The van der Waals surface area contributed by atoms with Gasteiger partial charge < -0.3 is 15.7 Å². The van der Waals surface area contributed by atoms with Crippen molar-refractivity contribution in [1.82, 2.24) is 10.6 Å². The zero-order valence-corrected chi connectivity index (χ0v) is 13.1. The third kappa shape index (κ3) is 5.18. The third-order valence-electron chi connectivity index (χ3n) is 3.10. The number of rotatable bonds is 7. The van der Waals surface area contributed by atoms with Crippen LogP contribution in [0.2, 0.25) is 0 Å². The highest BCUT2D eigenvalue weighted by Gasteiger charge is 2.24. The van der Waals surface area contributed by atoms with Crippen LogP contribution in [0.15, 0.2) is 17.5 Å². The first-order valence-electron chi connectivity index (χ1n) is 6.67. The van der Waals surface area contributed by atoms with E-state index in [4.69, 9.17) is 5.11 Å². The van der Waals surface area contributed by atoms with Gasteiger partial charge in [0.2, 0.25) is 5.91 Å². The number of aliphatic carboxylic acids is 1. The highest BCUT2D eigenvalue weighted by Crippen LogP contribution is 2.10. The Morgan fingerprint density at radius 2 is 1.95 bits per heavy atom. The van der Waals surface area contributed by atoms with E-state index in [9.17, 15) is 14.4 Å². The van der Waals surface area contributed by atoms with E-state index >= 15 is 0 Å². The van der Waals surface area contributed by atoms with Crippen molar-refractivity contribution in [2.75, 3.05) is 6.54 Å². The van der Waals surface area contributed by atoms with Crippen LogP contribution >= 0.6 is 11.3 Å². The molecule has 1 aromatic heterocycles. The van der Waals surface area contributed by atoms with E-state index in [1.54, 1.807) is 38.3 Å². The van der Waals surface area contributed by atoms with Crippen LogP contribution < -0.4 is 10.6 Å². The number of carbonyl (C=O) groups is 3. The molecule has 7 heteroatoms. The second-order valence-corrected chi connectivity index (χ2v) is 6.05. The predicted molar refractivity (Wildman–Crippen MR) is 80.2 cm³/mol. The normalized spacial score (nSPS) is 13.5. The van der Waals surface area contributed by atoms with Gasteiger partial charge in [-0.05, 0) is 24.3 Å². The summed E-state index contributed by atoms with van der Waals surface area (Å²) >= 11 is 1.29. The van der Waals surface area contributed by atoms with Crippen molar-refractivity contribution >= 4 is 29.1 Å². The smallest absolute Gasteiger partial charge is 0.308 e. The molecule has 1 heterocycles. The average molecular weight is 312 g/mol. The molecule has 0 bridgehead atoms. The van der Waals surface area contributed by atoms with E-state index in [-0.39, 0.29) is 18.4 Å². The molecule has 1 rings (SSSR count). The zero-order chi connectivity index (χ0) is 16.0. The molecule has 0 aliphatic carbocycles.